The molecule has 134 valence electrons. The summed E-state index contributed by atoms with van der Waals surface area (Å²) in [5.41, 5.74) is 2.99. The van der Waals surface area contributed by atoms with Crippen LogP contribution in [0.2, 0.25) is 0 Å². The van der Waals surface area contributed by atoms with Crippen molar-refractivity contribution in [1.82, 2.24) is 0 Å². The monoisotopic (exact) mass is 350 g/mol. The summed E-state index contributed by atoms with van der Waals surface area (Å²) in [6.45, 7) is 6.39. The van der Waals surface area contributed by atoms with Crippen molar-refractivity contribution in [2.24, 2.45) is 0 Å². The molecule has 0 aliphatic carbocycles. The van der Waals surface area contributed by atoms with Gasteiger partial charge in [-0.05, 0) is 28.7 Å². The van der Waals surface area contributed by atoms with Crippen molar-refractivity contribution < 1.29 is 13.9 Å². The van der Waals surface area contributed by atoms with E-state index in [1.54, 1.807) is 0 Å². The molecule has 4 heteroatoms. The predicted molar refractivity (Wildman–Crippen MR) is 102 cm³/mol. The van der Waals surface area contributed by atoms with Gasteiger partial charge in [0.05, 0.1) is 19.1 Å². The summed E-state index contributed by atoms with van der Waals surface area (Å²) in [4.78, 5) is 24.5. The number of ether oxygens (including phenoxy) is 1. The summed E-state index contributed by atoms with van der Waals surface area (Å²) in [6.07, 6.45) is -0.126. The Kier molecular flexibility index (Phi) is 4.68. The maximum atomic E-state index is 12.6. The Hall–Kier alpha value is -2.88. The molecule has 0 atom stereocenters. The molecular formula is C22H22O4. The summed E-state index contributed by atoms with van der Waals surface area (Å²) in [5.74, 6) is -0.471. The lowest BCUT2D eigenvalue weighted by Gasteiger charge is -2.20. The van der Waals surface area contributed by atoms with Crippen LogP contribution in [0.3, 0.4) is 0 Å². The highest BCUT2D eigenvalue weighted by Gasteiger charge is 2.21. The fourth-order valence-electron chi connectivity index (χ4n) is 3.02. The molecule has 0 spiro atoms. The molecule has 0 saturated carbocycles. The van der Waals surface area contributed by atoms with E-state index in [4.69, 9.17) is 9.15 Å². The minimum Gasteiger partial charge on any atom is -0.469 e. The van der Waals surface area contributed by atoms with E-state index in [0.29, 0.717) is 11.1 Å². The molecule has 0 radical (unpaired) electrons. The summed E-state index contributed by atoms with van der Waals surface area (Å²) >= 11 is 0. The maximum absolute atomic E-state index is 12.6. The molecule has 0 fully saturated rings. The van der Waals surface area contributed by atoms with Gasteiger partial charge < -0.3 is 9.15 Å². The zero-order valence-electron chi connectivity index (χ0n) is 15.5. The first kappa shape index (κ1) is 17.9. The van der Waals surface area contributed by atoms with Crippen LogP contribution in [0.15, 0.2) is 57.7 Å². The van der Waals surface area contributed by atoms with E-state index < -0.39 is 11.6 Å². The van der Waals surface area contributed by atoms with Gasteiger partial charge in [0.25, 0.3) is 0 Å². The van der Waals surface area contributed by atoms with E-state index in [-0.39, 0.29) is 11.8 Å². The van der Waals surface area contributed by atoms with Crippen LogP contribution in [-0.2, 0) is 21.4 Å². The van der Waals surface area contributed by atoms with E-state index in [0.717, 1.165) is 22.1 Å². The van der Waals surface area contributed by atoms with Gasteiger partial charge in [0.15, 0.2) is 0 Å². The third-order valence-electron chi connectivity index (χ3n) is 4.48. The van der Waals surface area contributed by atoms with Crippen molar-refractivity contribution >= 4 is 16.9 Å². The molecule has 3 aromatic rings. The first-order chi connectivity index (χ1) is 12.3. The Balaban J connectivity index is 2.39. The van der Waals surface area contributed by atoms with Crippen molar-refractivity contribution in [1.29, 1.82) is 0 Å². The third-order valence-corrected chi connectivity index (χ3v) is 4.48. The Bertz CT molecular complexity index is 1010. The molecule has 0 aliphatic heterocycles. The zero-order chi connectivity index (χ0) is 18.9. The minimum absolute atomic E-state index is 0.0548. The van der Waals surface area contributed by atoms with Gasteiger partial charge >= 0.3 is 11.6 Å². The molecule has 3 rings (SSSR count). The minimum atomic E-state index is -0.509. The van der Waals surface area contributed by atoms with Crippen LogP contribution in [0.1, 0.15) is 31.9 Å². The highest BCUT2D eigenvalue weighted by molar-refractivity contribution is 5.96. The lowest BCUT2D eigenvalue weighted by atomic mass is 9.85. The van der Waals surface area contributed by atoms with Crippen LogP contribution in [0.4, 0.5) is 0 Å². The Morgan fingerprint density at radius 1 is 1.08 bits per heavy atom. The molecule has 4 nitrogen and oxygen atoms in total. The number of esters is 1. The van der Waals surface area contributed by atoms with Crippen LogP contribution < -0.4 is 5.63 Å². The topological polar surface area (TPSA) is 56.5 Å². The van der Waals surface area contributed by atoms with E-state index in [9.17, 15) is 9.59 Å². The number of benzene rings is 2. The normalized spacial score (nSPS) is 11.5. The molecule has 0 saturated heterocycles. The summed E-state index contributed by atoms with van der Waals surface area (Å²) < 4.78 is 10.3. The smallest absolute Gasteiger partial charge is 0.340 e. The summed E-state index contributed by atoms with van der Waals surface area (Å²) in [7, 11) is 1.31. The van der Waals surface area contributed by atoms with Crippen LogP contribution in [0, 0.1) is 0 Å². The third kappa shape index (κ3) is 3.40. The molecule has 0 N–H and O–H groups in total. The van der Waals surface area contributed by atoms with Crippen molar-refractivity contribution in [2.45, 2.75) is 32.6 Å². The number of rotatable bonds is 3. The van der Waals surface area contributed by atoms with Gasteiger partial charge in [-0.15, -0.1) is 0 Å². The largest absolute Gasteiger partial charge is 0.469 e. The second-order valence-electron chi connectivity index (χ2n) is 7.32. The van der Waals surface area contributed by atoms with Gasteiger partial charge in [-0.1, -0.05) is 57.2 Å². The van der Waals surface area contributed by atoms with E-state index >= 15 is 0 Å². The molecular weight excluding hydrogens is 328 g/mol. The SMILES string of the molecule is COC(=O)Cc1c(-c2ccccc2)c2cc(C(C)(C)C)ccc2oc1=O. The van der Waals surface area contributed by atoms with Crippen molar-refractivity contribution in [3.8, 4) is 11.1 Å². The maximum Gasteiger partial charge on any atom is 0.340 e. The number of fused-ring (bicyclic) bond motifs is 1. The van der Waals surface area contributed by atoms with Crippen molar-refractivity contribution in [3.63, 3.8) is 0 Å². The lowest BCUT2D eigenvalue weighted by molar-refractivity contribution is -0.139. The lowest BCUT2D eigenvalue weighted by Crippen LogP contribution is -2.16. The molecule has 26 heavy (non-hydrogen) atoms. The van der Waals surface area contributed by atoms with Crippen LogP contribution in [-0.4, -0.2) is 13.1 Å². The predicted octanol–water partition coefficient (Wildman–Crippen LogP) is 4.47. The van der Waals surface area contributed by atoms with Gasteiger partial charge in [-0.25, -0.2) is 4.79 Å². The van der Waals surface area contributed by atoms with E-state index in [1.807, 2.05) is 48.5 Å². The van der Waals surface area contributed by atoms with Gasteiger partial charge in [0.1, 0.15) is 5.58 Å². The van der Waals surface area contributed by atoms with E-state index in [2.05, 4.69) is 20.8 Å². The number of hydrogen-bond donors (Lipinski definition) is 0. The molecule has 0 unspecified atom stereocenters. The zero-order valence-corrected chi connectivity index (χ0v) is 15.5. The fraction of sp³-hybridized carbons (Fsp3) is 0.273. The fourth-order valence-corrected chi connectivity index (χ4v) is 3.02. The van der Waals surface area contributed by atoms with Gasteiger partial charge in [-0.3, -0.25) is 4.79 Å². The summed E-state index contributed by atoms with van der Waals surface area (Å²) in [6, 6.07) is 15.4. The van der Waals surface area contributed by atoms with Gasteiger partial charge in [0.2, 0.25) is 0 Å². The van der Waals surface area contributed by atoms with Crippen molar-refractivity contribution in [2.75, 3.05) is 7.11 Å². The highest BCUT2D eigenvalue weighted by Crippen LogP contribution is 2.34. The number of carbonyl (C=O) groups excluding carboxylic acids is 1. The molecule has 0 amide bonds. The van der Waals surface area contributed by atoms with Gasteiger partial charge in [0, 0.05) is 10.9 Å². The highest BCUT2D eigenvalue weighted by atomic mass is 16.5. The van der Waals surface area contributed by atoms with Gasteiger partial charge in [-0.2, -0.15) is 0 Å². The standard InChI is InChI=1S/C22H22O4/c1-22(2,3)15-10-11-18-16(12-15)20(14-8-6-5-7-9-14)17(21(24)26-18)13-19(23)25-4/h5-12H,13H2,1-4H3. The van der Waals surface area contributed by atoms with E-state index in [1.165, 1.54) is 7.11 Å². The van der Waals surface area contributed by atoms with Crippen LogP contribution in [0.5, 0.6) is 0 Å². The molecule has 1 heterocycles. The second kappa shape index (κ2) is 6.79. The Morgan fingerprint density at radius 3 is 2.38 bits per heavy atom. The number of hydrogen-bond acceptors (Lipinski definition) is 4. The second-order valence-corrected chi connectivity index (χ2v) is 7.32. The summed E-state index contributed by atoms with van der Waals surface area (Å²) in [5, 5.41) is 0.821. The number of carbonyl (C=O) groups is 1. The van der Waals surface area contributed by atoms with Crippen molar-refractivity contribution in [3.05, 3.63) is 70.1 Å². The quantitative estimate of drug-likeness (QED) is 0.516. The average molecular weight is 350 g/mol. The van der Waals surface area contributed by atoms with Crippen LogP contribution >= 0.6 is 0 Å². The Morgan fingerprint density at radius 2 is 1.77 bits per heavy atom. The molecule has 0 aliphatic rings. The molecule has 0 bridgehead atoms. The first-order valence-corrected chi connectivity index (χ1v) is 8.53. The number of methoxy groups -OCH3 is 1. The van der Waals surface area contributed by atoms with Crippen LogP contribution in [0.25, 0.3) is 22.1 Å². The first-order valence-electron chi connectivity index (χ1n) is 8.53. The molecule has 2 aromatic carbocycles. The average Bonchev–Trinajstić information content (AvgIpc) is 2.61. The Labute approximate surface area is 152 Å². The molecule has 1 aromatic heterocycles.